The van der Waals surface area contributed by atoms with Gasteiger partial charge in [-0.3, -0.25) is 0 Å². The summed E-state index contributed by atoms with van der Waals surface area (Å²) in [5.41, 5.74) is 7.34. The van der Waals surface area contributed by atoms with Crippen molar-refractivity contribution in [2.45, 2.75) is 31.6 Å². The van der Waals surface area contributed by atoms with Crippen LogP contribution in [0.5, 0.6) is 0 Å². The molecule has 1 aromatic heterocycles. The van der Waals surface area contributed by atoms with E-state index >= 15 is 0 Å². The largest absolute Gasteiger partial charge is 0.399 e. The van der Waals surface area contributed by atoms with Crippen molar-refractivity contribution >= 4 is 5.69 Å². The van der Waals surface area contributed by atoms with E-state index in [2.05, 4.69) is 10.1 Å². The number of hydrogen-bond donors (Lipinski definition) is 1. The summed E-state index contributed by atoms with van der Waals surface area (Å²) in [6.07, 6.45) is 4.89. The zero-order chi connectivity index (χ0) is 11.7. The van der Waals surface area contributed by atoms with Crippen molar-refractivity contribution in [2.75, 3.05) is 5.73 Å². The summed E-state index contributed by atoms with van der Waals surface area (Å²) in [5, 5.41) is 4.08. The van der Waals surface area contributed by atoms with E-state index in [1.165, 1.54) is 25.7 Å². The SMILES string of the molecule is Nc1cccc(-c2nc(C3CCCC3)no2)c1. The highest BCUT2D eigenvalue weighted by atomic mass is 16.5. The number of nitrogens with two attached hydrogens (primary N) is 1. The first kappa shape index (κ1) is 10.3. The molecular formula is C13H15N3O. The van der Waals surface area contributed by atoms with Crippen LogP contribution in [0.1, 0.15) is 37.4 Å². The summed E-state index contributed by atoms with van der Waals surface area (Å²) in [6, 6.07) is 7.52. The smallest absolute Gasteiger partial charge is 0.258 e. The Labute approximate surface area is 99.8 Å². The summed E-state index contributed by atoms with van der Waals surface area (Å²) in [6.45, 7) is 0. The number of benzene rings is 1. The van der Waals surface area contributed by atoms with Crippen LogP contribution >= 0.6 is 0 Å². The molecule has 0 atom stereocenters. The predicted molar refractivity (Wildman–Crippen MR) is 65.4 cm³/mol. The Bertz CT molecular complexity index is 515. The standard InChI is InChI=1S/C13H15N3O/c14-11-7-3-6-10(8-11)13-15-12(16-17-13)9-4-1-2-5-9/h3,6-9H,1-2,4-5,14H2. The van der Waals surface area contributed by atoms with Gasteiger partial charge in [0.1, 0.15) is 0 Å². The van der Waals surface area contributed by atoms with Gasteiger partial charge in [0, 0.05) is 17.2 Å². The van der Waals surface area contributed by atoms with E-state index in [1.807, 2.05) is 24.3 Å². The minimum absolute atomic E-state index is 0.480. The quantitative estimate of drug-likeness (QED) is 0.804. The molecule has 2 N–H and O–H groups in total. The van der Waals surface area contributed by atoms with E-state index in [1.54, 1.807) is 0 Å². The maximum Gasteiger partial charge on any atom is 0.258 e. The Hall–Kier alpha value is -1.84. The molecule has 1 aliphatic rings. The van der Waals surface area contributed by atoms with Gasteiger partial charge < -0.3 is 10.3 Å². The average molecular weight is 229 g/mol. The van der Waals surface area contributed by atoms with Gasteiger partial charge in [0.25, 0.3) is 5.89 Å². The fourth-order valence-corrected chi connectivity index (χ4v) is 2.37. The first-order valence-corrected chi connectivity index (χ1v) is 6.02. The lowest BCUT2D eigenvalue weighted by molar-refractivity contribution is 0.416. The van der Waals surface area contributed by atoms with Crippen LogP contribution in [0, 0.1) is 0 Å². The molecule has 1 heterocycles. The number of hydrogen-bond acceptors (Lipinski definition) is 4. The van der Waals surface area contributed by atoms with Crippen molar-refractivity contribution in [3.63, 3.8) is 0 Å². The summed E-state index contributed by atoms with van der Waals surface area (Å²) in [5.74, 6) is 1.90. The van der Waals surface area contributed by atoms with Crippen LogP contribution in [-0.2, 0) is 0 Å². The van der Waals surface area contributed by atoms with Crippen LogP contribution in [0.25, 0.3) is 11.5 Å². The van der Waals surface area contributed by atoms with Crippen LogP contribution in [0.4, 0.5) is 5.69 Å². The Morgan fingerprint density at radius 3 is 2.82 bits per heavy atom. The van der Waals surface area contributed by atoms with E-state index in [4.69, 9.17) is 10.3 Å². The third-order valence-electron chi connectivity index (χ3n) is 3.30. The Balaban J connectivity index is 1.89. The van der Waals surface area contributed by atoms with E-state index in [0.717, 1.165) is 11.4 Å². The lowest BCUT2D eigenvalue weighted by Gasteiger charge is -1.99. The number of anilines is 1. The molecule has 1 aliphatic carbocycles. The zero-order valence-electron chi connectivity index (χ0n) is 9.60. The maximum absolute atomic E-state index is 5.74. The monoisotopic (exact) mass is 229 g/mol. The van der Waals surface area contributed by atoms with Gasteiger partial charge in [-0.25, -0.2) is 0 Å². The van der Waals surface area contributed by atoms with Crippen molar-refractivity contribution in [3.05, 3.63) is 30.1 Å². The first-order valence-electron chi connectivity index (χ1n) is 6.02. The van der Waals surface area contributed by atoms with Gasteiger partial charge in [-0.1, -0.05) is 24.1 Å². The van der Waals surface area contributed by atoms with Gasteiger partial charge in [0.2, 0.25) is 0 Å². The first-order chi connectivity index (χ1) is 8.33. The van der Waals surface area contributed by atoms with E-state index in [0.29, 0.717) is 17.5 Å². The molecular weight excluding hydrogens is 214 g/mol. The van der Waals surface area contributed by atoms with Crippen LogP contribution in [0.15, 0.2) is 28.8 Å². The van der Waals surface area contributed by atoms with Crippen LogP contribution in [0.2, 0.25) is 0 Å². The summed E-state index contributed by atoms with van der Waals surface area (Å²) in [7, 11) is 0. The molecule has 88 valence electrons. The molecule has 0 bridgehead atoms. The average Bonchev–Trinajstić information content (AvgIpc) is 3.00. The van der Waals surface area contributed by atoms with E-state index in [-0.39, 0.29) is 0 Å². The second-order valence-corrected chi connectivity index (χ2v) is 4.56. The Morgan fingerprint density at radius 1 is 1.24 bits per heavy atom. The lowest BCUT2D eigenvalue weighted by Crippen LogP contribution is -1.94. The fourth-order valence-electron chi connectivity index (χ4n) is 2.37. The van der Waals surface area contributed by atoms with Crippen molar-refractivity contribution in [1.82, 2.24) is 10.1 Å². The molecule has 0 amide bonds. The summed E-state index contributed by atoms with van der Waals surface area (Å²) >= 11 is 0. The molecule has 4 heteroatoms. The third kappa shape index (κ3) is 2.02. The van der Waals surface area contributed by atoms with Crippen LogP contribution in [0.3, 0.4) is 0 Å². The van der Waals surface area contributed by atoms with Gasteiger partial charge in [0.05, 0.1) is 0 Å². The molecule has 0 saturated heterocycles. The second-order valence-electron chi connectivity index (χ2n) is 4.56. The molecule has 3 rings (SSSR count). The van der Waals surface area contributed by atoms with Crippen LogP contribution < -0.4 is 5.73 Å². The van der Waals surface area contributed by atoms with Gasteiger partial charge in [-0.05, 0) is 31.0 Å². The van der Waals surface area contributed by atoms with Gasteiger partial charge >= 0.3 is 0 Å². The Morgan fingerprint density at radius 2 is 2.06 bits per heavy atom. The second kappa shape index (κ2) is 4.20. The highest BCUT2D eigenvalue weighted by Crippen LogP contribution is 2.33. The van der Waals surface area contributed by atoms with Gasteiger partial charge in [-0.15, -0.1) is 0 Å². The lowest BCUT2D eigenvalue weighted by atomic mass is 10.1. The highest BCUT2D eigenvalue weighted by molar-refractivity contribution is 5.59. The van der Waals surface area contributed by atoms with E-state index in [9.17, 15) is 0 Å². The van der Waals surface area contributed by atoms with Crippen molar-refractivity contribution in [2.24, 2.45) is 0 Å². The molecule has 4 nitrogen and oxygen atoms in total. The minimum atomic E-state index is 0.480. The third-order valence-corrected chi connectivity index (χ3v) is 3.30. The fraction of sp³-hybridized carbons (Fsp3) is 0.385. The normalized spacial score (nSPS) is 16.5. The van der Waals surface area contributed by atoms with Crippen molar-refractivity contribution in [1.29, 1.82) is 0 Å². The van der Waals surface area contributed by atoms with Gasteiger partial charge in [-0.2, -0.15) is 4.98 Å². The van der Waals surface area contributed by atoms with Crippen molar-refractivity contribution in [3.8, 4) is 11.5 Å². The molecule has 0 unspecified atom stereocenters. The van der Waals surface area contributed by atoms with Gasteiger partial charge in [0.15, 0.2) is 5.82 Å². The molecule has 1 fully saturated rings. The maximum atomic E-state index is 5.74. The molecule has 0 spiro atoms. The number of nitrogens with zero attached hydrogens (tertiary/aromatic N) is 2. The molecule has 1 aromatic carbocycles. The highest BCUT2D eigenvalue weighted by Gasteiger charge is 2.22. The number of aromatic nitrogens is 2. The molecule has 0 radical (unpaired) electrons. The molecule has 0 aliphatic heterocycles. The molecule has 17 heavy (non-hydrogen) atoms. The molecule has 1 saturated carbocycles. The Kier molecular flexibility index (Phi) is 2.55. The number of rotatable bonds is 2. The summed E-state index contributed by atoms with van der Waals surface area (Å²) in [4.78, 5) is 4.47. The van der Waals surface area contributed by atoms with Crippen molar-refractivity contribution < 1.29 is 4.52 Å². The summed E-state index contributed by atoms with van der Waals surface area (Å²) < 4.78 is 5.30. The zero-order valence-corrected chi connectivity index (χ0v) is 9.60. The topological polar surface area (TPSA) is 64.9 Å². The predicted octanol–water partition coefficient (Wildman–Crippen LogP) is 2.98. The minimum Gasteiger partial charge on any atom is -0.399 e. The van der Waals surface area contributed by atoms with Crippen LogP contribution in [-0.4, -0.2) is 10.1 Å². The number of nitrogen functional groups attached to an aromatic ring is 1. The molecule has 2 aromatic rings. The van der Waals surface area contributed by atoms with E-state index < -0.39 is 0 Å².